The number of ether oxygens (including phenoxy) is 1. The number of nitrogens with one attached hydrogen (secondary N) is 1. The highest BCUT2D eigenvalue weighted by atomic mass is 127. The van der Waals surface area contributed by atoms with Crippen molar-refractivity contribution >= 4 is 57.2 Å². The van der Waals surface area contributed by atoms with Crippen LogP contribution in [0, 0.1) is 5.41 Å². The molecule has 0 unspecified atom stereocenters. The fraction of sp³-hybridized carbons (Fsp3) is 0.688. The SMILES string of the molecule is CCOCCC1(CNC(=NC)N(C)Cc2ccc(Br)s2)CC1.I. The van der Waals surface area contributed by atoms with E-state index in [1.165, 1.54) is 21.5 Å². The van der Waals surface area contributed by atoms with Crippen molar-refractivity contribution in [2.75, 3.05) is 33.9 Å². The second kappa shape index (κ2) is 10.2. The molecule has 4 nitrogen and oxygen atoms in total. The third kappa shape index (κ3) is 6.88. The summed E-state index contributed by atoms with van der Waals surface area (Å²) in [6.45, 7) is 5.60. The van der Waals surface area contributed by atoms with Crippen molar-refractivity contribution in [2.45, 2.75) is 32.7 Å². The van der Waals surface area contributed by atoms with E-state index in [-0.39, 0.29) is 24.0 Å². The van der Waals surface area contributed by atoms with Crippen LogP contribution in [0.4, 0.5) is 0 Å². The predicted octanol–water partition coefficient (Wildman–Crippen LogP) is 4.34. The maximum absolute atomic E-state index is 5.50. The summed E-state index contributed by atoms with van der Waals surface area (Å²) in [6.07, 6.45) is 3.74. The number of hydrogen-bond acceptors (Lipinski definition) is 3. The Kier molecular flexibility index (Phi) is 9.40. The van der Waals surface area contributed by atoms with Gasteiger partial charge in [-0.1, -0.05) is 0 Å². The molecule has 2 rings (SSSR count). The minimum absolute atomic E-state index is 0. The molecule has 1 aromatic heterocycles. The number of rotatable bonds is 8. The van der Waals surface area contributed by atoms with Crippen molar-refractivity contribution in [1.82, 2.24) is 10.2 Å². The van der Waals surface area contributed by atoms with Crippen molar-refractivity contribution < 1.29 is 4.74 Å². The Morgan fingerprint density at radius 1 is 1.48 bits per heavy atom. The highest BCUT2D eigenvalue weighted by molar-refractivity contribution is 14.0. The first-order valence-electron chi connectivity index (χ1n) is 7.82. The van der Waals surface area contributed by atoms with Crippen LogP contribution < -0.4 is 5.32 Å². The molecule has 1 aliphatic rings. The first kappa shape index (κ1) is 21.2. The molecule has 23 heavy (non-hydrogen) atoms. The molecule has 0 aliphatic heterocycles. The number of halogens is 2. The second-order valence-corrected chi connectivity index (χ2v) is 8.46. The Morgan fingerprint density at radius 2 is 2.22 bits per heavy atom. The molecule has 1 fully saturated rings. The van der Waals surface area contributed by atoms with E-state index in [4.69, 9.17) is 4.74 Å². The van der Waals surface area contributed by atoms with E-state index in [1.807, 2.05) is 7.05 Å². The molecule has 0 amide bonds. The van der Waals surface area contributed by atoms with Crippen molar-refractivity contribution in [3.63, 3.8) is 0 Å². The average molecular weight is 516 g/mol. The van der Waals surface area contributed by atoms with Gasteiger partial charge in [-0.05, 0) is 59.7 Å². The van der Waals surface area contributed by atoms with Crippen molar-refractivity contribution in [3.05, 3.63) is 20.8 Å². The number of hydrogen-bond donors (Lipinski definition) is 1. The van der Waals surface area contributed by atoms with Crippen LogP contribution in [0.2, 0.25) is 0 Å². The summed E-state index contributed by atoms with van der Waals surface area (Å²) in [5, 5.41) is 3.54. The normalized spacial score (nSPS) is 15.9. The molecule has 0 bridgehead atoms. The quantitative estimate of drug-likeness (QED) is 0.242. The van der Waals surface area contributed by atoms with Crippen LogP contribution in [0.5, 0.6) is 0 Å². The van der Waals surface area contributed by atoms with Crippen LogP contribution >= 0.6 is 51.2 Å². The lowest BCUT2D eigenvalue weighted by atomic mass is 10.0. The van der Waals surface area contributed by atoms with Gasteiger partial charge in [0, 0.05) is 38.7 Å². The monoisotopic (exact) mass is 515 g/mol. The predicted molar refractivity (Wildman–Crippen MR) is 113 cm³/mol. The zero-order valence-corrected chi connectivity index (χ0v) is 18.8. The maximum Gasteiger partial charge on any atom is 0.193 e. The summed E-state index contributed by atoms with van der Waals surface area (Å²) >= 11 is 5.28. The molecule has 0 spiro atoms. The fourth-order valence-corrected chi connectivity index (χ4v) is 4.06. The van der Waals surface area contributed by atoms with Gasteiger partial charge < -0.3 is 15.0 Å². The lowest BCUT2D eigenvalue weighted by Gasteiger charge is -2.24. The topological polar surface area (TPSA) is 36.9 Å². The molecule has 0 radical (unpaired) electrons. The maximum atomic E-state index is 5.50. The first-order valence-corrected chi connectivity index (χ1v) is 9.43. The summed E-state index contributed by atoms with van der Waals surface area (Å²) < 4.78 is 6.67. The molecule has 1 heterocycles. The van der Waals surface area contributed by atoms with Crippen molar-refractivity contribution in [3.8, 4) is 0 Å². The van der Waals surface area contributed by atoms with Crippen LogP contribution in [0.1, 0.15) is 31.1 Å². The van der Waals surface area contributed by atoms with Gasteiger partial charge in [-0.2, -0.15) is 0 Å². The largest absolute Gasteiger partial charge is 0.382 e. The number of nitrogens with zero attached hydrogens (tertiary/aromatic N) is 2. The third-order valence-electron chi connectivity index (χ3n) is 4.15. The smallest absolute Gasteiger partial charge is 0.193 e. The molecule has 0 saturated heterocycles. The van der Waals surface area contributed by atoms with Gasteiger partial charge in [0.1, 0.15) is 0 Å². The van der Waals surface area contributed by atoms with E-state index >= 15 is 0 Å². The highest BCUT2D eigenvalue weighted by Gasteiger charge is 2.42. The lowest BCUT2D eigenvalue weighted by molar-refractivity contribution is 0.128. The molecule has 0 atom stereocenters. The number of thiophene rings is 1. The molecule has 1 N–H and O–H groups in total. The number of aliphatic imine (C=N–C) groups is 1. The minimum Gasteiger partial charge on any atom is -0.382 e. The molecule has 1 aliphatic carbocycles. The Bertz CT molecular complexity index is 505. The summed E-state index contributed by atoms with van der Waals surface area (Å²) in [6, 6.07) is 4.25. The lowest BCUT2D eigenvalue weighted by Crippen LogP contribution is -2.41. The minimum atomic E-state index is 0. The molecule has 132 valence electrons. The molecule has 7 heteroatoms. The van der Waals surface area contributed by atoms with Crippen LogP contribution in [0.25, 0.3) is 0 Å². The summed E-state index contributed by atoms with van der Waals surface area (Å²) in [4.78, 5) is 7.92. The van der Waals surface area contributed by atoms with Crippen molar-refractivity contribution in [1.29, 1.82) is 0 Å². The highest BCUT2D eigenvalue weighted by Crippen LogP contribution is 2.48. The van der Waals surface area contributed by atoms with Crippen LogP contribution in [-0.4, -0.2) is 44.7 Å². The van der Waals surface area contributed by atoms with E-state index in [0.717, 1.165) is 38.7 Å². The Hall–Kier alpha value is 0.140. The summed E-state index contributed by atoms with van der Waals surface area (Å²) in [5.74, 6) is 0.965. The molecular weight excluding hydrogens is 489 g/mol. The van der Waals surface area contributed by atoms with Gasteiger partial charge in [-0.25, -0.2) is 0 Å². The van der Waals surface area contributed by atoms with E-state index in [2.05, 4.69) is 57.2 Å². The van der Waals surface area contributed by atoms with Gasteiger partial charge in [0.2, 0.25) is 0 Å². The van der Waals surface area contributed by atoms with Gasteiger partial charge in [-0.3, -0.25) is 4.99 Å². The summed E-state index contributed by atoms with van der Waals surface area (Å²) in [7, 11) is 3.94. The Labute approximate surface area is 169 Å². The van der Waals surface area contributed by atoms with Crippen LogP contribution in [0.3, 0.4) is 0 Å². The summed E-state index contributed by atoms with van der Waals surface area (Å²) in [5.41, 5.74) is 0.428. The van der Waals surface area contributed by atoms with Gasteiger partial charge in [0.05, 0.1) is 10.3 Å². The van der Waals surface area contributed by atoms with Gasteiger partial charge in [0.15, 0.2) is 5.96 Å². The van der Waals surface area contributed by atoms with E-state index in [0.29, 0.717) is 5.41 Å². The van der Waals surface area contributed by atoms with E-state index < -0.39 is 0 Å². The fourth-order valence-electron chi connectivity index (χ4n) is 2.52. The standard InChI is InChI=1S/C16H26BrN3OS.HI/c1-4-21-10-9-16(7-8-16)12-19-15(18-2)20(3)11-13-5-6-14(17)22-13;/h5-6H,4,7-12H2,1-3H3,(H,18,19);1H. The van der Waals surface area contributed by atoms with Gasteiger partial charge in [-0.15, -0.1) is 35.3 Å². The molecular formula is C16H27BrIN3OS. The van der Waals surface area contributed by atoms with Gasteiger partial charge >= 0.3 is 0 Å². The third-order valence-corrected chi connectivity index (χ3v) is 5.76. The molecule has 1 saturated carbocycles. The Balaban J connectivity index is 0.00000264. The zero-order valence-electron chi connectivity index (χ0n) is 14.1. The average Bonchev–Trinajstić information content (AvgIpc) is 3.14. The molecule has 1 aromatic rings. The van der Waals surface area contributed by atoms with Crippen LogP contribution in [-0.2, 0) is 11.3 Å². The van der Waals surface area contributed by atoms with Crippen LogP contribution in [0.15, 0.2) is 20.9 Å². The van der Waals surface area contributed by atoms with Gasteiger partial charge in [0.25, 0.3) is 0 Å². The Morgan fingerprint density at radius 3 is 2.74 bits per heavy atom. The zero-order chi connectivity index (χ0) is 16.0. The number of guanidine groups is 1. The first-order chi connectivity index (χ1) is 10.6. The second-order valence-electron chi connectivity index (χ2n) is 5.91. The van der Waals surface area contributed by atoms with Crippen molar-refractivity contribution in [2.24, 2.45) is 10.4 Å². The van der Waals surface area contributed by atoms with E-state index in [1.54, 1.807) is 11.3 Å². The van der Waals surface area contributed by atoms with E-state index in [9.17, 15) is 0 Å². The molecule has 0 aromatic carbocycles.